The van der Waals surface area contributed by atoms with Crippen LogP contribution in [0.25, 0.3) is 0 Å². The van der Waals surface area contributed by atoms with Gasteiger partial charge in [-0.3, -0.25) is 4.79 Å². The fraction of sp³-hybridized carbons (Fsp3) is 0.667. The van der Waals surface area contributed by atoms with Gasteiger partial charge >= 0.3 is 5.97 Å². The van der Waals surface area contributed by atoms with Crippen LogP contribution in [0.3, 0.4) is 0 Å². The van der Waals surface area contributed by atoms with E-state index in [1.165, 1.54) is 7.11 Å². The normalized spacial score (nSPS) is 18.0. The van der Waals surface area contributed by atoms with Crippen molar-refractivity contribution in [3.8, 4) is 11.8 Å². The first kappa shape index (κ1) is 8.13. The summed E-state index contributed by atoms with van der Waals surface area (Å²) in [7, 11) is 1.41. The number of carbonyl (C=O) groups excluding carboxylic acids is 1. The molecular formula is C9H12O2. The Kier molecular flexibility index (Phi) is 2.19. The van der Waals surface area contributed by atoms with E-state index in [0.717, 1.165) is 19.3 Å². The molecule has 2 heteroatoms. The van der Waals surface area contributed by atoms with Crippen LogP contribution in [0, 0.1) is 17.3 Å². The summed E-state index contributed by atoms with van der Waals surface area (Å²) in [6.45, 7) is 1.97. The predicted octanol–water partition coefficient (Wildman–Crippen LogP) is 1.35. The fourth-order valence-corrected chi connectivity index (χ4v) is 0.958. The van der Waals surface area contributed by atoms with Gasteiger partial charge in [0.1, 0.15) is 5.41 Å². The Labute approximate surface area is 66.9 Å². The van der Waals surface area contributed by atoms with Crippen molar-refractivity contribution in [3.63, 3.8) is 0 Å². The van der Waals surface area contributed by atoms with Crippen molar-refractivity contribution in [2.75, 3.05) is 7.11 Å². The van der Waals surface area contributed by atoms with Crippen LogP contribution in [0.4, 0.5) is 0 Å². The van der Waals surface area contributed by atoms with Gasteiger partial charge < -0.3 is 4.74 Å². The number of esters is 1. The van der Waals surface area contributed by atoms with E-state index in [2.05, 4.69) is 16.6 Å². The van der Waals surface area contributed by atoms with Gasteiger partial charge in [0.05, 0.1) is 7.11 Å². The number of methoxy groups -OCH3 is 1. The summed E-state index contributed by atoms with van der Waals surface area (Å²) in [5.41, 5.74) is -0.412. The highest BCUT2D eigenvalue weighted by Crippen LogP contribution is 2.45. The van der Waals surface area contributed by atoms with Gasteiger partial charge in [-0.2, -0.15) is 0 Å². The molecule has 0 heterocycles. The number of ether oxygens (including phenoxy) is 1. The smallest absolute Gasteiger partial charge is 0.323 e. The Morgan fingerprint density at radius 3 is 2.64 bits per heavy atom. The zero-order valence-corrected chi connectivity index (χ0v) is 6.94. The fourth-order valence-electron chi connectivity index (χ4n) is 0.958. The average molecular weight is 152 g/mol. The van der Waals surface area contributed by atoms with Crippen LogP contribution in [0.2, 0.25) is 0 Å². The molecule has 0 aliphatic heterocycles. The van der Waals surface area contributed by atoms with Crippen LogP contribution < -0.4 is 0 Å². The number of hydrogen-bond donors (Lipinski definition) is 0. The summed E-state index contributed by atoms with van der Waals surface area (Å²) >= 11 is 0. The lowest BCUT2D eigenvalue weighted by atomic mass is 10.1. The summed E-state index contributed by atoms with van der Waals surface area (Å²) in [4.78, 5) is 11.1. The van der Waals surface area contributed by atoms with Crippen molar-refractivity contribution in [2.45, 2.75) is 26.2 Å². The molecule has 0 amide bonds. The van der Waals surface area contributed by atoms with Crippen LogP contribution in [-0.2, 0) is 9.53 Å². The molecule has 1 saturated carbocycles. The predicted molar refractivity (Wildman–Crippen MR) is 41.8 cm³/mol. The minimum absolute atomic E-state index is 0.168. The highest BCUT2D eigenvalue weighted by molar-refractivity contribution is 5.83. The van der Waals surface area contributed by atoms with E-state index in [1.807, 2.05) is 6.92 Å². The highest BCUT2D eigenvalue weighted by atomic mass is 16.5. The number of hydrogen-bond acceptors (Lipinski definition) is 2. The topological polar surface area (TPSA) is 26.3 Å². The molecule has 0 bridgehead atoms. The van der Waals surface area contributed by atoms with Crippen molar-refractivity contribution in [2.24, 2.45) is 5.41 Å². The molecule has 0 radical (unpaired) electrons. The van der Waals surface area contributed by atoms with Gasteiger partial charge in [0, 0.05) is 6.42 Å². The average Bonchev–Trinajstić information content (AvgIpc) is 2.80. The Morgan fingerprint density at radius 1 is 1.64 bits per heavy atom. The molecule has 0 aromatic rings. The van der Waals surface area contributed by atoms with Crippen LogP contribution in [0.15, 0.2) is 0 Å². The van der Waals surface area contributed by atoms with Crippen LogP contribution in [-0.4, -0.2) is 13.1 Å². The van der Waals surface area contributed by atoms with Crippen molar-refractivity contribution >= 4 is 5.97 Å². The lowest BCUT2D eigenvalue weighted by Crippen LogP contribution is -2.15. The quantitative estimate of drug-likeness (QED) is 0.419. The van der Waals surface area contributed by atoms with E-state index in [0.29, 0.717) is 0 Å². The van der Waals surface area contributed by atoms with Gasteiger partial charge in [-0.05, 0) is 12.8 Å². The Hall–Kier alpha value is -0.970. The summed E-state index contributed by atoms with van der Waals surface area (Å²) in [5.74, 6) is 5.69. The molecule has 0 atom stereocenters. The zero-order valence-electron chi connectivity index (χ0n) is 6.94. The molecule has 1 rings (SSSR count). The molecule has 0 spiro atoms. The minimum atomic E-state index is -0.412. The minimum Gasteiger partial charge on any atom is -0.468 e. The Balaban J connectivity index is 2.60. The first-order chi connectivity index (χ1) is 5.25. The first-order valence-electron chi connectivity index (χ1n) is 3.83. The number of carbonyl (C=O) groups is 1. The maximum Gasteiger partial charge on any atom is 0.323 e. The van der Waals surface area contributed by atoms with Gasteiger partial charge in [-0.25, -0.2) is 0 Å². The molecule has 1 fully saturated rings. The second-order valence-corrected chi connectivity index (χ2v) is 2.73. The van der Waals surface area contributed by atoms with Gasteiger partial charge in [0.15, 0.2) is 0 Å². The van der Waals surface area contributed by atoms with E-state index in [1.54, 1.807) is 0 Å². The summed E-state index contributed by atoms with van der Waals surface area (Å²) in [6, 6.07) is 0. The third kappa shape index (κ3) is 1.54. The molecule has 0 N–H and O–H groups in total. The van der Waals surface area contributed by atoms with Gasteiger partial charge in [0.2, 0.25) is 0 Å². The second kappa shape index (κ2) is 2.96. The van der Waals surface area contributed by atoms with Gasteiger partial charge in [0.25, 0.3) is 0 Å². The summed E-state index contributed by atoms with van der Waals surface area (Å²) in [5, 5.41) is 0. The first-order valence-corrected chi connectivity index (χ1v) is 3.83. The molecule has 60 valence electrons. The SMILES string of the molecule is CCC#CC1(C(=O)OC)CC1. The monoisotopic (exact) mass is 152 g/mol. The van der Waals surface area contributed by atoms with Crippen molar-refractivity contribution in [3.05, 3.63) is 0 Å². The summed E-state index contributed by atoms with van der Waals surface area (Å²) < 4.78 is 4.63. The van der Waals surface area contributed by atoms with Crippen molar-refractivity contribution in [1.82, 2.24) is 0 Å². The van der Waals surface area contributed by atoms with Crippen molar-refractivity contribution < 1.29 is 9.53 Å². The number of rotatable bonds is 1. The van der Waals surface area contributed by atoms with E-state index in [-0.39, 0.29) is 5.97 Å². The molecule has 11 heavy (non-hydrogen) atoms. The molecule has 1 aliphatic carbocycles. The van der Waals surface area contributed by atoms with Gasteiger partial charge in [-0.1, -0.05) is 12.8 Å². The largest absolute Gasteiger partial charge is 0.468 e. The van der Waals surface area contributed by atoms with Crippen LogP contribution in [0.5, 0.6) is 0 Å². The van der Waals surface area contributed by atoms with E-state index >= 15 is 0 Å². The molecule has 2 nitrogen and oxygen atoms in total. The maximum absolute atomic E-state index is 11.1. The molecular weight excluding hydrogens is 140 g/mol. The standard InChI is InChI=1S/C9H12O2/c1-3-4-5-9(6-7-9)8(10)11-2/h3,6-7H2,1-2H3. The Morgan fingerprint density at radius 2 is 2.27 bits per heavy atom. The lowest BCUT2D eigenvalue weighted by Gasteiger charge is -2.02. The highest BCUT2D eigenvalue weighted by Gasteiger charge is 2.49. The molecule has 1 aliphatic rings. The van der Waals surface area contributed by atoms with Crippen molar-refractivity contribution in [1.29, 1.82) is 0 Å². The van der Waals surface area contributed by atoms with Crippen LogP contribution in [0.1, 0.15) is 26.2 Å². The third-order valence-corrected chi connectivity index (χ3v) is 1.83. The van der Waals surface area contributed by atoms with Crippen LogP contribution >= 0.6 is 0 Å². The molecule has 0 unspecified atom stereocenters. The lowest BCUT2D eigenvalue weighted by molar-refractivity contribution is -0.144. The second-order valence-electron chi connectivity index (χ2n) is 2.73. The molecule has 0 saturated heterocycles. The van der Waals surface area contributed by atoms with E-state index in [9.17, 15) is 4.79 Å². The third-order valence-electron chi connectivity index (χ3n) is 1.83. The Bertz CT molecular complexity index is 215. The maximum atomic E-state index is 11.1. The van der Waals surface area contributed by atoms with Gasteiger partial charge in [-0.15, -0.1) is 5.92 Å². The summed E-state index contributed by atoms with van der Waals surface area (Å²) in [6.07, 6.45) is 2.54. The molecule has 0 aromatic heterocycles. The molecule has 0 aromatic carbocycles. The zero-order chi connectivity index (χ0) is 8.32. The van der Waals surface area contributed by atoms with E-state index in [4.69, 9.17) is 0 Å². The van der Waals surface area contributed by atoms with E-state index < -0.39 is 5.41 Å².